The van der Waals surface area contributed by atoms with E-state index in [2.05, 4.69) is 0 Å². The molecule has 0 N–H and O–H groups in total. The maximum absolute atomic E-state index is 7.52. The fourth-order valence-electron chi connectivity index (χ4n) is 0.574. The predicted molar refractivity (Wildman–Crippen MR) is 46.7 cm³/mol. The van der Waals surface area contributed by atoms with Gasteiger partial charge in [-0.3, -0.25) is 0 Å². The van der Waals surface area contributed by atoms with E-state index in [9.17, 15) is 0 Å². The predicted octanol–water partition coefficient (Wildman–Crippen LogP) is 3.18. The lowest BCUT2D eigenvalue weighted by Crippen LogP contribution is -1.55. The van der Waals surface area contributed by atoms with Gasteiger partial charge < -0.3 is 0 Å². The highest BCUT2D eigenvalue weighted by Crippen LogP contribution is 1.96. The topological polar surface area (TPSA) is 0 Å². The van der Waals surface area contributed by atoms with E-state index in [1.165, 1.54) is 11.3 Å². The molecule has 0 nitrogen and oxygen atoms in total. The molecule has 0 radical (unpaired) electrons. The Hall–Kier alpha value is -0.820. The summed E-state index contributed by atoms with van der Waals surface area (Å²) in [5, 5.41) is 2.52. The normalized spacial score (nSPS) is 9.90. The van der Waals surface area contributed by atoms with Crippen LogP contribution in [0.3, 0.4) is 0 Å². The number of hydrogen-bond acceptors (Lipinski definition) is 1. The van der Waals surface area contributed by atoms with Crippen molar-refractivity contribution in [3.05, 3.63) is 46.6 Å². The van der Waals surface area contributed by atoms with Crippen molar-refractivity contribution in [3.63, 3.8) is 0 Å². The van der Waals surface area contributed by atoms with Gasteiger partial charge in [-0.2, -0.15) is 11.3 Å². The largest absolute Gasteiger partial charge is 0.152 e. The average Bonchev–Trinajstić information content (AvgIpc) is 2.07. The Labute approximate surface area is 66.9 Å². The Morgan fingerprint density at radius 1 is 1.30 bits per heavy atom. The van der Waals surface area contributed by atoms with Gasteiger partial charge in [-0.25, -0.2) is 0 Å². The minimum absolute atomic E-state index is 0.612. The van der Waals surface area contributed by atoms with Crippen LogP contribution in [0.5, 0.6) is 0 Å². The third-order valence-electron chi connectivity index (χ3n) is 1.05. The Kier molecular flexibility index (Phi) is 2.41. The van der Waals surface area contributed by atoms with Crippen LogP contribution in [0.4, 0.5) is 0 Å². The molecule has 0 saturated heterocycles. The van der Waals surface area contributed by atoms with Crippen molar-refractivity contribution in [1.82, 2.24) is 0 Å². The first-order chi connectivity index (χ1) is 5.30. The Bertz CT molecular complexity index is 250. The van der Waals surface area contributed by atoms with Crippen LogP contribution < -0.4 is 0 Å². The highest BCUT2D eigenvalue weighted by Gasteiger charge is 1.70. The molecule has 52 valence electrons. The lowest BCUT2D eigenvalue weighted by molar-refractivity contribution is 1.53. The van der Waals surface area contributed by atoms with Gasteiger partial charge in [0, 0.05) is 0 Å². The van der Waals surface area contributed by atoms with E-state index in [4.69, 9.17) is 1.37 Å². The van der Waals surface area contributed by atoms with Crippen LogP contribution in [0.1, 0.15) is 6.93 Å². The van der Waals surface area contributed by atoms with E-state index in [0.717, 1.165) is 5.56 Å². The first-order valence-corrected chi connectivity index (χ1v) is 4.02. The minimum atomic E-state index is 0.612. The zero-order valence-electron chi connectivity index (χ0n) is 6.87. The lowest BCUT2D eigenvalue weighted by atomic mass is 10.4. The van der Waals surface area contributed by atoms with Crippen molar-refractivity contribution >= 4 is 11.3 Å². The smallest absolute Gasteiger partial charge is 0.0742 e. The first kappa shape index (κ1) is 5.93. The summed E-state index contributed by atoms with van der Waals surface area (Å²) in [6, 6.07) is 9.73. The zero-order chi connectivity index (χ0) is 8.10. The molecule has 0 aliphatic carbocycles. The van der Waals surface area contributed by atoms with E-state index in [0.29, 0.717) is 5.36 Å². The van der Waals surface area contributed by atoms with Crippen molar-refractivity contribution in [1.29, 1.82) is 0 Å². The van der Waals surface area contributed by atoms with E-state index in [-0.39, 0.29) is 0 Å². The van der Waals surface area contributed by atoms with Crippen LogP contribution in [-0.4, -0.2) is 0 Å². The maximum atomic E-state index is 7.52. The molecule has 1 aromatic rings. The van der Waals surface area contributed by atoms with Gasteiger partial charge in [-0.05, 0) is 23.2 Å². The average molecular weight is 151 g/mol. The van der Waals surface area contributed by atoms with E-state index < -0.39 is 0 Å². The van der Waals surface area contributed by atoms with E-state index in [1.807, 2.05) is 42.6 Å². The SMILES string of the molecule is [2H]c1sccccccc1C. The number of aryl methyl sites for hydroxylation is 1. The summed E-state index contributed by atoms with van der Waals surface area (Å²) in [6.45, 7) is 1.94. The molecular weight excluding hydrogens is 140 g/mol. The zero-order valence-corrected chi connectivity index (χ0v) is 6.69. The summed E-state index contributed by atoms with van der Waals surface area (Å²) in [7, 11) is 0. The van der Waals surface area contributed by atoms with Crippen LogP contribution >= 0.6 is 11.3 Å². The monoisotopic (exact) mass is 151 g/mol. The van der Waals surface area contributed by atoms with Crippen LogP contribution in [-0.2, 0) is 0 Å². The summed E-state index contributed by atoms with van der Waals surface area (Å²) in [5.41, 5.74) is 1.01. The van der Waals surface area contributed by atoms with Crippen molar-refractivity contribution in [2.75, 3.05) is 0 Å². The first-order valence-electron chi connectivity index (χ1n) is 3.65. The fraction of sp³-hybridized carbons (Fsp3) is 0.111. The summed E-state index contributed by atoms with van der Waals surface area (Å²) in [6.07, 6.45) is 0. The van der Waals surface area contributed by atoms with Crippen molar-refractivity contribution in [2.45, 2.75) is 6.92 Å². The summed E-state index contributed by atoms with van der Waals surface area (Å²) < 4.78 is 7.52. The summed E-state index contributed by atoms with van der Waals surface area (Å²) in [5.74, 6) is 0. The molecule has 1 heteroatoms. The molecule has 0 aliphatic rings. The van der Waals surface area contributed by atoms with Crippen LogP contribution in [0.25, 0.3) is 0 Å². The van der Waals surface area contributed by atoms with Gasteiger partial charge in [0.2, 0.25) is 0 Å². The molecule has 0 amide bonds. The van der Waals surface area contributed by atoms with Gasteiger partial charge in [0.1, 0.15) is 0 Å². The van der Waals surface area contributed by atoms with Crippen molar-refractivity contribution in [3.8, 4) is 0 Å². The maximum Gasteiger partial charge on any atom is 0.0742 e. The Balaban J connectivity index is 3.28. The molecule has 0 bridgehead atoms. The van der Waals surface area contributed by atoms with Gasteiger partial charge in [0.05, 0.1) is 1.37 Å². The summed E-state index contributed by atoms with van der Waals surface area (Å²) in [4.78, 5) is 0. The second kappa shape index (κ2) is 4.07. The highest BCUT2D eigenvalue weighted by molar-refractivity contribution is 7.07. The number of rotatable bonds is 0. The van der Waals surface area contributed by atoms with Gasteiger partial charge in [0.15, 0.2) is 0 Å². The lowest BCUT2D eigenvalue weighted by Gasteiger charge is -1.76. The quantitative estimate of drug-likeness (QED) is 0.534. The van der Waals surface area contributed by atoms with Crippen LogP contribution in [0.2, 0.25) is 0 Å². The number of hydrogen-bond donors (Lipinski definition) is 0. The molecule has 1 heterocycles. The van der Waals surface area contributed by atoms with Gasteiger partial charge >= 0.3 is 0 Å². The third-order valence-corrected chi connectivity index (χ3v) is 1.78. The summed E-state index contributed by atoms with van der Waals surface area (Å²) >= 11 is 1.44. The molecule has 0 aliphatic heterocycles. The molecule has 0 saturated carbocycles. The molecule has 0 aromatic carbocycles. The van der Waals surface area contributed by atoms with Gasteiger partial charge in [-0.15, -0.1) is 0 Å². The minimum Gasteiger partial charge on any atom is -0.152 e. The Morgan fingerprint density at radius 2 is 2.10 bits per heavy atom. The fourth-order valence-corrected chi connectivity index (χ4v) is 1.07. The molecule has 0 spiro atoms. The molecular formula is C9H10S. The standard InChI is InChI=1S/C9H10S/c1-9-6-4-2-3-5-7-10-8-9/h2-8H,1H3/i8D. The van der Waals surface area contributed by atoms with Gasteiger partial charge in [0.25, 0.3) is 0 Å². The van der Waals surface area contributed by atoms with Crippen molar-refractivity contribution < 1.29 is 1.37 Å². The Morgan fingerprint density at radius 3 is 3.00 bits per heavy atom. The van der Waals surface area contributed by atoms with Crippen molar-refractivity contribution in [2.24, 2.45) is 0 Å². The molecule has 0 fully saturated rings. The third kappa shape index (κ3) is 2.65. The second-order valence-electron chi connectivity index (χ2n) is 1.98. The van der Waals surface area contributed by atoms with Crippen LogP contribution in [0, 0.1) is 6.92 Å². The van der Waals surface area contributed by atoms with E-state index >= 15 is 0 Å². The second-order valence-corrected chi connectivity index (χ2v) is 2.69. The molecule has 1 rings (SSSR count). The van der Waals surface area contributed by atoms with Crippen LogP contribution in [0.15, 0.2) is 41.1 Å². The molecule has 0 unspecified atom stereocenters. The van der Waals surface area contributed by atoms with Gasteiger partial charge in [-0.1, -0.05) is 30.3 Å². The molecule has 0 atom stereocenters. The highest BCUT2D eigenvalue weighted by atomic mass is 32.1. The molecule has 1 aromatic heterocycles. The van der Waals surface area contributed by atoms with E-state index in [1.54, 1.807) is 0 Å². The molecule has 10 heavy (non-hydrogen) atoms.